The van der Waals surface area contributed by atoms with Gasteiger partial charge in [0, 0.05) is 11.6 Å². The Morgan fingerprint density at radius 2 is 2.17 bits per heavy atom. The van der Waals surface area contributed by atoms with E-state index < -0.39 is 23.5 Å². The van der Waals surface area contributed by atoms with Crippen LogP contribution in [0.25, 0.3) is 0 Å². The van der Waals surface area contributed by atoms with Gasteiger partial charge in [0.15, 0.2) is 11.6 Å². The summed E-state index contributed by atoms with van der Waals surface area (Å²) in [6, 6.07) is 1.94. The largest absolute Gasteiger partial charge is 0.465 e. The lowest BCUT2D eigenvalue weighted by atomic mass is 9.98. The van der Waals surface area contributed by atoms with E-state index in [0.717, 1.165) is 6.07 Å². The maximum absolute atomic E-state index is 14.1. The van der Waals surface area contributed by atoms with Crippen LogP contribution in [0.15, 0.2) is 6.07 Å². The quantitative estimate of drug-likeness (QED) is 0.775. The molecule has 0 saturated heterocycles. The van der Waals surface area contributed by atoms with Crippen LogP contribution in [-0.2, 0) is 0 Å². The minimum atomic E-state index is -1.05. The zero-order valence-corrected chi connectivity index (χ0v) is 15.1. The van der Waals surface area contributed by atoms with Gasteiger partial charge in [0.1, 0.15) is 11.2 Å². The smallest absolute Gasteiger partial charge is 0.408 e. The van der Waals surface area contributed by atoms with Crippen LogP contribution in [0.3, 0.4) is 0 Å². The molecule has 0 aliphatic heterocycles. The van der Waals surface area contributed by atoms with Crippen LogP contribution in [0.5, 0.6) is 0 Å². The van der Waals surface area contributed by atoms with Gasteiger partial charge in [-0.1, -0.05) is 18.5 Å². The molecule has 0 radical (unpaired) electrons. The fourth-order valence-corrected chi connectivity index (χ4v) is 2.82. The van der Waals surface area contributed by atoms with Crippen LogP contribution in [0, 0.1) is 17.1 Å². The van der Waals surface area contributed by atoms with E-state index in [-0.39, 0.29) is 22.6 Å². The first-order valence-electron chi connectivity index (χ1n) is 7.57. The minimum Gasteiger partial charge on any atom is -0.465 e. The van der Waals surface area contributed by atoms with Gasteiger partial charge in [0.25, 0.3) is 0 Å². The number of hydrogen-bond acceptors (Lipinski definition) is 4. The summed E-state index contributed by atoms with van der Waals surface area (Å²) >= 11 is 5.85. The van der Waals surface area contributed by atoms with Crippen LogP contribution in [-0.4, -0.2) is 38.7 Å². The van der Waals surface area contributed by atoms with Gasteiger partial charge in [-0.2, -0.15) is 5.26 Å². The van der Waals surface area contributed by atoms with Crippen molar-refractivity contribution in [1.82, 2.24) is 9.88 Å². The number of aromatic nitrogens is 1. The van der Waals surface area contributed by atoms with Gasteiger partial charge < -0.3 is 10.4 Å². The summed E-state index contributed by atoms with van der Waals surface area (Å²) in [7, 11) is 0. The highest BCUT2D eigenvalue weighted by molar-refractivity contribution is 6.30. The number of pyridine rings is 1. The number of nitrogens with one attached hydrogen (secondary N) is 1. The zero-order chi connectivity index (χ0) is 18.7. The summed E-state index contributed by atoms with van der Waals surface area (Å²) in [5.74, 6) is -0.809. The third-order valence-corrected chi connectivity index (χ3v) is 4.02. The van der Waals surface area contributed by atoms with Gasteiger partial charge in [0.05, 0.1) is 11.6 Å². The molecular weight excluding hydrogens is 335 g/mol. The Morgan fingerprint density at radius 3 is 2.58 bits per heavy atom. The predicted molar refractivity (Wildman–Crippen MR) is 90.7 cm³/mol. The molecule has 0 aliphatic rings. The van der Waals surface area contributed by atoms with Crippen molar-refractivity contribution in [2.45, 2.75) is 58.7 Å². The molecule has 0 aliphatic carbocycles. The van der Waals surface area contributed by atoms with Gasteiger partial charge in [-0.3, -0.25) is 4.90 Å². The third kappa shape index (κ3) is 4.48. The highest BCUT2D eigenvalue weighted by Crippen LogP contribution is 2.25. The van der Waals surface area contributed by atoms with E-state index in [1.165, 1.54) is 4.90 Å². The minimum absolute atomic E-state index is 0.0531. The Labute approximate surface area is 146 Å². The van der Waals surface area contributed by atoms with Crippen LogP contribution in [0.1, 0.15) is 46.6 Å². The van der Waals surface area contributed by atoms with Crippen LogP contribution in [0.4, 0.5) is 15.0 Å². The van der Waals surface area contributed by atoms with Crippen molar-refractivity contribution >= 4 is 23.5 Å². The fraction of sp³-hybridized carbons (Fsp3) is 0.562. The topological polar surface area (TPSA) is 89.3 Å². The van der Waals surface area contributed by atoms with Crippen LogP contribution >= 0.6 is 11.6 Å². The molecule has 1 amide bonds. The number of halogens is 2. The number of rotatable bonds is 5. The fourth-order valence-electron chi connectivity index (χ4n) is 2.64. The van der Waals surface area contributed by atoms with Gasteiger partial charge >= 0.3 is 6.09 Å². The standard InChI is InChI=1S/C16H22ClFN4O2/c1-6-12(9(2)22(15(23)24)16(3,4)5)20-14-11(18)7-10(8-19)13(17)21-14/h7,9,12H,6H2,1-5H3,(H,20,21)(H,23,24)/t9-,12-/m0/s1. The normalized spacial score (nSPS) is 13.8. The van der Waals surface area contributed by atoms with Crippen molar-refractivity contribution in [2.75, 3.05) is 5.32 Å². The SMILES string of the molecule is CC[C@H](Nc1nc(Cl)c(C#N)cc1F)[C@H](C)N(C(=O)O)C(C)(C)C. The first kappa shape index (κ1) is 20.0. The van der Waals surface area contributed by atoms with Crippen LogP contribution < -0.4 is 5.32 Å². The summed E-state index contributed by atoms with van der Waals surface area (Å²) in [4.78, 5) is 16.8. The van der Waals surface area contributed by atoms with Crippen molar-refractivity contribution in [2.24, 2.45) is 0 Å². The van der Waals surface area contributed by atoms with Crippen molar-refractivity contribution in [1.29, 1.82) is 5.26 Å². The van der Waals surface area contributed by atoms with E-state index in [1.807, 2.05) is 6.92 Å². The Bertz CT molecular complexity index is 655. The molecule has 0 bridgehead atoms. The summed E-state index contributed by atoms with van der Waals surface area (Å²) < 4.78 is 14.1. The van der Waals surface area contributed by atoms with E-state index in [9.17, 15) is 14.3 Å². The molecule has 6 nitrogen and oxygen atoms in total. The van der Waals surface area contributed by atoms with E-state index in [0.29, 0.717) is 6.42 Å². The predicted octanol–water partition coefficient (Wildman–Crippen LogP) is 4.10. The number of nitrogens with zero attached hydrogens (tertiary/aromatic N) is 3. The van der Waals surface area contributed by atoms with Gasteiger partial charge in [-0.15, -0.1) is 0 Å². The molecule has 1 rings (SSSR count). The van der Waals surface area contributed by atoms with Crippen molar-refractivity contribution in [3.05, 3.63) is 22.6 Å². The summed E-state index contributed by atoms with van der Waals surface area (Å²) in [6.07, 6.45) is -0.513. The number of hydrogen-bond donors (Lipinski definition) is 2. The number of nitriles is 1. The van der Waals surface area contributed by atoms with Gasteiger partial charge in [-0.05, 0) is 40.2 Å². The molecule has 1 aromatic rings. The lowest BCUT2D eigenvalue weighted by Gasteiger charge is -2.41. The van der Waals surface area contributed by atoms with Crippen molar-refractivity contribution in [3.63, 3.8) is 0 Å². The first-order chi connectivity index (χ1) is 11.0. The van der Waals surface area contributed by atoms with E-state index in [4.69, 9.17) is 16.9 Å². The molecule has 24 heavy (non-hydrogen) atoms. The van der Waals surface area contributed by atoms with Crippen molar-refractivity contribution in [3.8, 4) is 6.07 Å². The molecule has 1 aromatic heterocycles. The van der Waals surface area contributed by atoms with E-state index in [1.54, 1.807) is 33.8 Å². The highest BCUT2D eigenvalue weighted by atomic mass is 35.5. The lowest BCUT2D eigenvalue weighted by Crippen LogP contribution is -2.55. The molecule has 0 unspecified atom stereocenters. The first-order valence-corrected chi connectivity index (χ1v) is 7.95. The summed E-state index contributed by atoms with van der Waals surface area (Å²) in [5.41, 5.74) is -0.670. The number of anilines is 1. The van der Waals surface area contributed by atoms with E-state index >= 15 is 0 Å². The summed E-state index contributed by atoms with van der Waals surface area (Å²) in [5, 5.41) is 21.2. The van der Waals surface area contributed by atoms with Gasteiger partial charge in [0.2, 0.25) is 0 Å². The molecule has 0 aromatic carbocycles. The lowest BCUT2D eigenvalue weighted by molar-refractivity contribution is 0.0689. The molecule has 0 saturated carbocycles. The van der Waals surface area contributed by atoms with Gasteiger partial charge in [-0.25, -0.2) is 14.2 Å². The number of amides is 1. The molecule has 8 heteroatoms. The molecule has 132 valence electrons. The second kappa shape index (κ2) is 7.67. The average Bonchev–Trinajstić information content (AvgIpc) is 2.45. The molecule has 2 atom stereocenters. The molecule has 2 N–H and O–H groups in total. The average molecular weight is 357 g/mol. The Kier molecular flexibility index (Phi) is 6.38. The Hall–Kier alpha value is -2.07. The summed E-state index contributed by atoms with van der Waals surface area (Å²) in [6.45, 7) is 9.00. The maximum Gasteiger partial charge on any atom is 0.408 e. The highest BCUT2D eigenvalue weighted by Gasteiger charge is 2.34. The third-order valence-electron chi connectivity index (χ3n) is 3.73. The number of carbonyl (C=O) groups is 1. The monoisotopic (exact) mass is 356 g/mol. The molecule has 1 heterocycles. The Morgan fingerprint density at radius 1 is 1.58 bits per heavy atom. The second-order valence-corrected chi connectivity index (χ2v) is 6.85. The second-order valence-electron chi connectivity index (χ2n) is 6.49. The number of carboxylic acid groups (broad SMARTS) is 1. The molecular formula is C16H22ClFN4O2. The molecule has 0 spiro atoms. The van der Waals surface area contributed by atoms with Crippen LogP contribution in [0.2, 0.25) is 5.15 Å². The molecule has 0 fully saturated rings. The van der Waals surface area contributed by atoms with Crippen molar-refractivity contribution < 1.29 is 14.3 Å². The Balaban J connectivity index is 3.13. The zero-order valence-electron chi connectivity index (χ0n) is 14.4. The van der Waals surface area contributed by atoms with E-state index in [2.05, 4.69) is 10.3 Å². The maximum atomic E-state index is 14.1.